The maximum atomic E-state index is 6.15. The number of hydrogen-bond donors (Lipinski definition) is 0. The van der Waals surface area contributed by atoms with E-state index in [4.69, 9.17) is 21.1 Å². The van der Waals surface area contributed by atoms with Crippen molar-refractivity contribution in [3.8, 4) is 11.5 Å². The van der Waals surface area contributed by atoms with E-state index in [1.165, 1.54) is 0 Å². The predicted molar refractivity (Wildman–Crippen MR) is 78.8 cm³/mol. The first kappa shape index (κ1) is 13.1. The maximum Gasteiger partial charge on any atom is 0.161 e. The lowest BCUT2D eigenvalue weighted by molar-refractivity contribution is 0.171. The van der Waals surface area contributed by atoms with Crippen LogP contribution in [0, 0.1) is 0 Å². The monoisotopic (exact) mass is 290 g/mol. The van der Waals surface area contributed by atoms with Gasteiger partial charge in [-0.15, -0.1) is 0 Å². The van der Waals surface area contributed by atoms with Crippen molar-refractivity contribution in [2.75, 3.05) is 25.2 Å². The molecule has 3 rings (SSSR count). The first-order chi connectivity index (χ1) is 9.74. The first-order valence-electron chi connectivity index (χ1n) is 6.43. The van der Waals surface area contributed by atoms with E-state index in [0.29, 0.717) is 18.2 Å². The molecule has 0 aliphatic carbocycles. The Morgan fingerprint density at radius 1 is 1.20 bits per heavy atom. The molecule has 1 aromatic heterocycles. The fourth-order valence-corrected chi connectivity index (χ4v) is 2.49. The Morgan fingerprint density at radius 3 is 2.80 bits per heavy atom. The molecule has 0 fully saturated rings. The average molecular weight is 291 g/mol. The number of fused-ring (bicyclic) bond motifs is 1. The van der Waals surface area contributed by atoms with Crippen LogP contribution >= 0.6 is 11.6 Å². The summed E-state index contributed by atoms with van der Waals surface area (Å²) in [7, 11) is 2.00. The van der Waals surface area contributed by atoms with E-state index in [1.54, 1.807) is 12.4 Å². The number of benzene rings is 1. The van der Waals surface area contributed by atoms with Gasteiger partial charge in [0.25, 0.3) is 0 Å². The molecule has 20 heavy (non-hydrogen) atoms. The number of rotatable bonds is 3. The van der Waals surface area contributed by atoms with Gasteiger partial charge in [0.2, 0.25) is 0 Å². The molecule has 1 aromatic carbocycles. The van der Waals surface area contributed by atoms with Crippen LogP contribution in [0.4, 0.5) is 5.69 Å². The molecule has 5 heteroatoms. The van der Waals surface area contributed by atoms with Crippen LogP contribution < -0.4 is 14.4 Å². The van der Waals surface area contributed by atoms with Gasteiger partial charge < -0.3 is 14.4 Å². The van der Waals surface area contributed by atoms with E-state index in [0.717, 1.165) is 29.3 Å². The molecule has 2 heterocycles. The predicted octanol–water partition coefficient (Wildman–Crippen LogP) is 3.14. The van der Waals surface area contributed by atoms with E-state index in [9.17, 15) is 0 Å². The third-order valence-electron chi connectivity index (χ3n) is 3.19. The topological polar surface area (TPSA) is 34.6 Å². The molecule has 0 saturated carbocycles. The van der Waals surface area contributed by atoms with Crippen molar-refractivity contribution in [1.82, 2.24) is 4.98 Å². The summed E-state index contributed by atoms with van der Waals surface area (Å²) in [6.45, 7) is 1.95. The second kappa shape index (κ2) is 5.59. The van der Waals surface area contributed by atoms with Crippen LogP contribution in [0.5, 0.6) is 11.5 Å². The van der Waals surface area contributed by atoms with Crippen LogP contribution in [0.3, 0.4) is 0 Å². The number of ether oxygens (including phenoxy) is 2. The quantitative estimate of drug-likeness (QED) is 0.870. The zero-order valence-electron chi connectivity index (χ0n) is 11.2. The van der Waals surface area contributed by atoms with Crippen molar-refractivity contribution in [3.63, 3.8) is 0 Å². The van der Waals surface area contributed by atoms with E-state index >= 15 is 0 Å². The molecule has 2 aromatic rings. The number of halogens is 1. The standard InChI is InChI=1S/C15H15ClN2O2/c1-18(13-4-5-17-9-12(13)16)10-11-2-3-14-15(8-11)20-7-6-19-14/h2-5,8-9H,6-7,10H2,1H3. The van der Waals surface area contributed by atoms with Crippen molar-refractivity contribution in [1.29, 1.82) is 0 Å². The van der Waals surface area contributed by atoms with Crippen molar-refractivity contribution in [2.24, 2.45) is 0 Å². The Morgan fingerprint density at radius 2 is 2.00 bits per heavy atom. The van der Waals surface area contributed by atoms with Crippen LogP contribution in [0.15, 0.2) is 36.7 Å². The molecule has 0 unspecified atom stereocenters. The molecule has 0 saturated heterocycles. The van der Waals surface area contributed by atoms with Crippen molar-refractivity contribution < 1.29 is 9.47 Å². The molecule has 0 spiro atoms. The summed E-state index contributed by atoms with van der Waals surface area (Å²) in [6.07, 6.45) is 3.39. The normalized spacial score (nSPS) is 13.1. The van der Waals surface area contributed by atoms with Crippen LogP contribution in [0.2, 0.25) is 5.02 Å². The average Bonchev–Trinajstić information content (AvgIpc) is 2.47. The number of pyridine rings is 1. The summed E-state index contributed by atoms with van der Waals surface area (Å²) >= 11 is 6.15. The van der Waals surface area contributed by atoms with Gasteiger partial charge in [-0.3, -0.25) is 4.98 Å². The van der Waals surface area contributed by atoms with Gasteiger partial charge in [0.1, 0.15) is 13.2 Å². The summed E-state index contributed by atoms with van der Waals surface area (Å²) < 4.78 is 11.1. The van der Waals surface area contributed by atoms with E-state index in [-0.39, 0.29) is 0 Å². The van der Waals surface area contributed by atoms with Gasteiger partial charge in [0.15, 0.2) is 11.5 Å². The zero-order valence-corrected chi connectivity index (χ0v) is 11.9. The molecule has 0 bridgehead atoms. The molecule has 0 radical (unpaired) electrons. The lowest BCUT2D eigenvalue weighted by Crippen LogP contribution is -2.18. The van der Waals surface area contributed by atoms with Gasteiger partial charge in [-0.05, 0) is 23.8 Å². The molecule has 0 N–H and O–H groups in total. The molecule has 1 aliphatic heterocycles. The highest BCUT2D eigenvalue weighted by Gasteiger charge is 2.13. The second-order valence-corrected chi connectivity index (χ2v) is 5.07. The van der Waals surface area contributed by atoms with E-state index in [2.05, 4.69) is 9.88 Å². The number of anilines is 1. The van der Waals surface area contributed by atoms with Crippen LogP contribution in [-0.4, -0.2) is 25.2 Å². The third-order valence-corrected chi connectivity index (χ3v) is 3.48. The van der Waals surface area contributed by atoms with Crippen LogP contribution in [0.1, 0.15) is 5.56 Å². The van der Waals surface area contributed by atoms with Crippen molar-refractivity contribution in [2.45, 2.75) is 6.54 Å². The van der Waals surface area contributed by atoms with Gasteiger partial charge in [0.05, 0.1) is 10.7 Å². The molecule has 0 atom stereocenters. The second-order valence-electron chi connectivity index (χ2n) is 4.66. The fraction of sp³-hybridized carbons (Fsp3) is 0.267. The third kappa shape index (κ3) is 2.65. The van der Waals surface area contributed by atoms with E-state index in [1.807, 2.05) is 31.3 Å². The van der Waals surface area contributed by atoms with E-state index < -0.39 is 0 Å². The summed E-state index contributed by atoms with van der Waals surface area (Å²) in [6, 6.07) is 7.91. The minimum Gasteiger partial charge on any atom is -0.486 e. The molecular weight excluding hydrogens is 276 g/mol. The Balaban J connectivity index is 1.79. The van der Waals surface area contributed by atoms with Gasteiger partial charge in [-0.25, -0.2) is 0 Å². The Bertz CT molecular complexity index is 619. The number of nitrogens with zero attached hydrogens (tertiary/aromatic N) is 2. The van der Waals surface area contributed by atoms with Crippen LogP contribution in [-0.2, 0) is 6.54 Å². The first-order valence-corrected chi connectivity index (χ1v) is 6.81. The summed E-state index contributed by atoms with van der Waals surface area (Å²) in [5, 5.41) is 0.646. The molecule has 104 valence electrons. The molecule has 1 aliphatic rings. The summed E-state index contributed by atoms with van der Waals surface area (Å²) in [5.41, 5.74) is 2.10. The minimum absolute atomic E-state index is 0.600. The highest BCUT2D eigenvalue weighted by Crippen LogP contribution is 2.32. The summed E-state index contributed by atoms with van der Waals surface area (Å²) in [5.74, 6) is 1.62. The van der Waals surface area contributed by atoms with Gasteiger partial charge in [0, 0.05) is 26.0 Å². The van der Waals surface area contributed by atoms with Gasteiger partial charge in [-0.2, -0.15) is 0 Å². The maximum absolute atomic E-state index is 6.15. The number of hydrogen-bond acceptors (Lipinski definition) is 4. The Kier molecular flexibility index (Phi) is 3.65. The van der Waals surface area contributed by atoms with Crippen LogP contribution in [0.25, 0.3) is 0 Å². The van der Waals surface area contributed by atoms with Crippen molar-refractivity contribution in [3.05, 3.63) is 47.2 Å². The van der Waals surface area contributed by atoms with Gasteiger partial charge in [-0.1, -0.05) is 17.7 Å². The summed E-state index contributed by atoms with van der Waals surface area (Å²) in [4.78, 5) is 6.08. The molecule has 4 nitrogen and oxygen atoms in total. The zero-order chi connectivity index (χ0) is 13.9. The minimum atomic E-state index is 0.600. The highest BCUT2D eigenvalue weighted by atomic mass is 35.5. The Hall–Kier alpha value is -1.94. The highest BCUT2D eigenvalue weighted by molar-refractivity contribution is 6.33. The largest absolute Gasteiger partial charge is 0.486 e. The van der Waals surface area contributed by atoms with Crippen molar-refractivity contribution >= 4 is 17.3 Å². The Labute approximate surface area is 122 Å². The van der Waals surface area contributed by atoms with Gasteiger partial charge >= 0.3 is 0 Å². The fourth-order valence-electron chi connectivity index (χ4n) is 2.22. The number of aromatic nitrogens is 1. The SMILES string of the molecule is CN(Cc1ccc2c(c1)OCCO2)c1ccncc1Cl. The molecular formula is C15H15ClN2O2. The lowest BCUT2D eigenvalue weighted by Gasteiger charge is -2.22. The smallest absolute Gasteiger partial charge is 0.161 e. The lowest BCUT2D eigenvalue weighted by atomic mass is 10.1. The molecule has 0 amide bonds.